The average molecular weight is 373 g/mol. The molecule has 1 amide bonds. The minimum absolute atomic E-state index is 0.0304. The van der Waals surface area contributed by atoms with Crippen molar-refractivity contribution in [1.82, 2.24) is 5.32 Å². The van der Waals surface area contributed by atoms with Crippen LogP contribution in [0.25, 0.3) is 0 Å². The lowest BCUT2D eigenvalue weighted by Crippen LogP contribution is -3.08. The predicted octanol–water partition coefficient (Wildman–Crippen LogP) is 1.09. The van der Waals surface area contributed by atoms with Crippen LogP contribution in [0.15, 0.2) is 42.5 Å². The second kappa shape index (κ2) is 10.4. The highest BCUT2D eigenvalue weighted by atomic mass is 16.5. The number of nitrogens with one attached hydrogen (secondary N) is 2. The third kappa shape index (κ3) is 6.18. The molecular formula is C21H29N2O4+. The number of likely N-dealkylation sites (N-methyl/N-ethyl adjacent to an activating group) is 1. The molecule has 0 radical (unpaired) electrons. The number of quaternary nitrogens is 1. The monoisotopic (exact) mass is 373 g/mol. The Bertz CT molecular complexity index is 749. The summed E-state index contributed by atoms with van der Waals surface area (Å²) in [6, 6.07) is 13.7. The van der Waals surface area contributed by atoms with Gasteiger partial charge in [-0.25, -0.2) is 0 Å². The Morgan fingerprint density at radius 1 is 0.963 bits per heavy atom. The molecule has 0 saturated heterocycles. The number of methoxy groups -OCH3 is 3. The fourth-order valence-corrected chi connectivity index (χ4v) is 2.98. The van der Waals surface area contributed by atoms with E-state index in [4.69, 9.17) is 14.2 Å². The standard InChI is InChI=1S/C21H28N2O4/c1-23(14-16-9-10-19(26-3)20(13-16)27-4)15-21(24)22-12-11-17-7-5-6-8-18(17)25-2/h5-10,13H,11-12,14-15H2,1-4H3,(H,22,24)/p+1. The van der Waals surface area contributed by atoms with Crippen LogP contribution in [0.3, 0.4) is 0 Å². The Morgan fingerprint density at radius 2 is 1.67 bits per heavy atom. The molecule has 2 rings (SSSR count). The highest BCUT2D eigenvalue weighted by Gasteiger charge is 2.12. The van der Waals surface area contributed by atoms with Crippen LogP contribution >= 0.6 is 0 Å². The van der Waals surface area contributed by atoms with Crippen molar-refractivity contribution in [2.75, 3.05) is 41.5 Å². The Balaban J connectivity index is 1.80. The maximum Gasteiger partial charge on any atom is 0.275 e. The van der Waals surface area contributed by atoms with E-state index in [2.05, 4.69) is 5.32 Å². The van der Waals surface area contributed by atoms with Crippen LogP contribution in [0.2, 0.25) is 0 Å². The summed E-state index contributed by atoms with van der Waals surface area (Å²) in [5.41, 5.74) is 2.18. The van der Waals surface area contributed by atoms with Crippen molar-refractivity contribution in [1.29, 1.82) is 0 Å². The van der Waals surface area contributed by atoms with Crippen LogP contribution < -0.4 is 24.4 Å². The third-order valence-electron chi connectivity index (χ3n) is 4.33. The van der Waals surface area contributed by atoms with Gasteiger partial charge in [-0.2, -0.15) is 0 Å². The van der Waals surface area contributed by atoms with Crippen molar-refractivity contribution in [2.45, 2.75) is 13.0 Å². The van der Waals surface area contributed by atoms with E-state index in [0.29, 0.717) is 24.6 Å². The van der Waals surface area contributed by atoms with Gasteiger partial charge in [0.25, 0.3) is 5.91 Å². The van der Waals surface area contributed by atoms with E-state index >= 15 is 0 Å². The fourth-order valence-electron chi connectivity index (χ4n) is 2.98. The summed E-state index contributed by atoms with van der Waals surface area (Å²) in [5.74, 6) is 2.28. The molecule has 2 aromatic carbocycles. The van der Waals surface area contributed by atoms with Gasteiger partial charge in [0.15, 0.2) is 18.0 Å². The van der Waals surface area contributed by atoms with Crippen molar-refractivity contribution >= 4 is 5.91 Å². The Kier molecular flexibility index (Phi) is 7.95. The van der Waals surface area contributed by atoms with Crippen LogP contribution in [0.5, 0.6) is 17.2 Å². The van der Waals surface area contributed by atoms with E-state index in [-0.39, 0.29) is 5.91 Å². The van der Waals surface area contributed by atoms with Gasteiger partial charge in [-0.1, -0.05) is 18.2 Å². The lowest BCUT2D eigenvalue weighted by molar-refractivity contribution is -0.885. The minimum Gasteiger partial charge on any atom is -0.496 e. The zero-order chi connectivity index (χ0) is 19.6. The molecule has 0 saturated carbocycles. The summed E-state index contributed by atoms with van der Waals surface area (Å²) in [7, 11) is 6.89. The summed E-state index contributed by atoms with van der Waals surface area (Å²) in [4.78, 5) is 13.3. The molecule has 2 aromatic rings. The van der Waals surface area contributed by atoms with Gasteiger partial charge < -0.3 is 24.4 Å². The Morgan fingerprint density at radius 3 is 2.37 bits per heavy atom. The zero-order valence-corrected chi connectivity index (χ0v) is 16.5. The molecule has 0 fully saturated rings. The first-order valence-electron chi connectivity index (χ1n) is 8.98. The first-order valence-corrected chi connectivity index (χ1v) is 8.98. The average Bonchev–Trinajstić information content (AvgIpc) is 2.68. The topological polar surface area (TPSA) is 61.2 Å². The number of amides is 1. The van der Waals surface area contributed by atoms with Gasteiger partial charge >= 0.3 is 0 Å². The maximum absolute atomic E-state index is 12.2. The molecule has 146 valence electrons. The molecule has 0 bridgehead atoms. The van der Waals surface area contributed by atoms with Gasteiger partial charge in [-0.3, -0.25) is 4.79 Å². The molecule has 0 spiro atoms. The van der Waals surface area contributed by atoms with Gasteiger partial charge in [-0.05, 0) is 36.2 Å². The van der Waals surface area contributed by atoms with Crippen molar-refractivity contribution < 1.29 is 23.9 Å². The normalized spacial score (nSPS) is 11.6. The van der Waals surface area contributed by atoms with E-state index in [9.17, 15) is 4.79 Å². The van der Waals surface area contributed by atoms with Crippen LogP contribution in [0.4, 0.5) is 0 Å². The highest BCUT2D eigenvalue weighted by Crippen LogP contribution is 2.27. The fraction of sp³-hybridized carbons (Fsp3) is 0.381. The van der Waals surface area contributed by atoms with E-state index in [1.54, 1.807) is 21.3 Å². The molecule has 0 aliphatic rings. The van der Waals surface area contributed by atoms with Gasteiger partial charge in [-0.15, -0.1) is 0 Å². The lowest BCUT2D eigenvalue weighted by Gasteiger charge is -2.15. The number of carbonyl (C=O) groups excluding carboxylic acids is 1. The van der Waals surface area contributed by atoms with E-state index in [0.717, 1.165) is 34.7 Å². The first-order chi connectivity index (χ1) is 13.1. The molecule has 0 aromatic heterocycles. The van der Waals surface area contributed by atoms with Crippen molar-refractivity contribution in [3.8, 4) is 17.2 Å². The first kappa shape index (κ1) is 20.6. The van der Waals surface area contributed by atoms with E-state index < -0.39 is 0 Å². The summed E-state index contributed by atoms with van der Waals surface area (Å²) in [6.45, 7) is 1.71. The third-order valence-corrected chi connectivity index (χ3v) is 4.33. The summed E-state index contributed by atoms with van der Waals surface area (Å²) < 4.78 is 15.9. The van der Waals surface area contributed by atoms with E-state index in [1.807, 2.05) is 49.5 Å². The maximum atomic E-state index is 12.2. The van der Waals surface area contributed by atoms with Crippen molar-refractivity contribution in [2.24, 2.45) is 0 Å². The van der Waals surface area contributed by atoms with Gasteiger partial charge in [0.1, 0.15) is 12.3 Å². The smallest absolute Gasteiger partial charge is 0.275 e. The quantitative estimate of drug-likeness (QED) is 0.654. The highest BCUT2D eigenvalue weighted by molar-refractivity contribution is 5.76. The van der Waals surface area contributed by atoms with Crippen LogP contribution in [0, 0.1) is 0 Å². The number of carbonyl (C=O) groups is 1. The number of hydrogen-bond donors (Lipinski definition) is 2. The van der Waals surface area contributed by atoms with Crippen molar-refractivity contribution in [3.63, 3.8) is 0 Å². The minimum atomic E-state index is 0.0304. The van der Waals surface area contributed by atoms with Gasteiger partial charge in [0, 0.05) is 12.1 Å². The van der Waals surface area contributed by atoms with Gasteiger partial charge in [0.2, 0.25) is 0 Å². The number of hydrogen-bond acceptors (Lipinski definition) is 4. The molecule has 0 aliphatic heterocycles. The molecule has 27 heavy (non-hydrogen) atoms. The number of benzene rings is 2. The second-order valence-corrected chi connectivity index (χ2v) is 6.41. The molecule has 1 atom stereocenters. The lowest BCUT2D eigenvalue weighted by atomic mass is 10.1. The molecular weight excluding hydrogens is 344 g/mol. The van der Waals surface area contributed by atoms with E-state index in [1.165, 1.54) is 0 Å². The molecule has 0 aliphatic carbocycles. The summed E-state index contributed by atoms with van der Waals surface area (Å²) >= 11 is 0. The van der Waals surface area contributed by atoms with Crippen molar-refractivity contribution in [3.05, 3.63) is 53.6 Å². The van der Waals surface area contributed by atoms with Crippen LogP contribution in [-0.4, -0.2) is 47.4 Å². The summed E-state index contributed by atoms with van der Waals surface area (Å²) in [5, 5.41) is 2.98. The van der Waals surface area contributed by atoms with Gasteiger partial charge in [0.05, 0.1) is 28.4 Å². The molecule has 6 nitrogen and oxygen atoms in total. The molecule has 6 heteroatoms. The number of ether oxygens (including phenoxy) is 3. The largest absolute Gasteiger partial charge is 0.496 e. The van der Waals surface area contributed by atoms with Crippen LogP contribution in [-0.2, 0) is 17.8 Å². The molecule has 1 unspecified atom stereocenters. The Hall–Kier alpha value is -2.73. The molecule has 0 heterocycles. The Labute approximate surface area is 161 Å². The SMILES string of the molecule is COc1ccccc1CCNC(=O)C[NH+](C)Cc1ccc(OC)c(OC)c1. The number of rotatable bonds is 10. The zero-order valence-electron chi connectivity index (χ0n) is 16.5. The predicted molar refractivity (Wildman–Crippen MR) is 105 cm³/mol. The molecule has 2 N–H and O–H groups in total. The number of para-hydroxylation sites is 1. The van der Waals surface area contributed by atoms with Crippen LogP contribution in [0.1, 0.15) is 11.1 Å². The summed E-state index contributed by atoms with van der Waals surface area (Å²) in [6.07, 6.45) is 0.741. The second-order valence-electron chi connectivity index (χ2n) is 6.41.